The molecule has 35 heavy (non-hydrogen) atoms. The number of benzene rings is 1. The van der Waals surface area contributed by atoms with Crippen LogP contribution in [0.25, 0.3) is 0 Å². The summed E-state index contributed by atoms with van der Waals surface area (Å²) in [6.45, 7) is 4.22. The highest BCUT2D eigenvalue weighted by atomic mass is 16.5. The summed E-state index contributed by atoms with van der Waals surface area (Å²) in [6, 6.07) is 10.4. The number of aromatic nitrogens is 1. The van der Waals surface area contributed by atoms with Crippen molar-refractivity contribution >= 4 is 11.8 Å². The Bertz CT molecular complexity index is 1050. The van der Waals surface area contributed by atoms with E-state index in [1.54, 1.807) is 6.07 Å². The average molecular weight is 480 g/mol. The van der Waals surface area contributed by atoms with Gasteiger partial charge in [-0.2, -0.15) is 0 Å². The molecule has 188 valence electrons. The number of pyridine rings is 1. The predicted octanol–water partition coefficient (Wildman–Crippen LogP) is 4.63. The van der Waals surface area contributed by atoms with E-state index >= 15 is 0 Å². The van der Waals surface area contributed by atoms with Gasteiger partial charge in [-0.15, -0.1) is 0 Å². The molecule has 0 unspecified atom stereocenters. The molecule has 0 radical (unpaired) electrons. The van der Waals surface area contributed by atoms with Crippen molar-refractivity contribution in [2.45, 2.75) is 76.9 Å². The molecule has 7 heteroatoms. The summed E-state index contributed by atoms with van der Waals surface area (Å²) in [7, 11) is 0. The molecular weight excluding hydrogens is 442 g/mol. The maximum absolute atomic E-state index is 13.6. The highest BCUT2D eigenvalue weighted by Gasteiger charge is 2.35. The largest absolute Gasteiger partial charge is 0.487 e. The summed E-state index contributed by atoms with van der Waals surface area (Å²) < 4.78 is 6.58. The van der Waals surface area contributed by atoms with Crippen LogP contribution < -0.4 is 10.3 Å². The number of nitrogens with one attached hydrogen (secondary N) is 1. The Hall–Kier alpha value is -3.09. The molecule has 0 spiro atoms. The number of carbonyl (C=O) groups excluding carboxylic acids is 2. The molecule has 2 aliphatic rings. The minimum absolute atomic E-state index is 0.0213. The molecule has 0 saturated heterocycles. The van der Waals surface area contributed by atoms with E-state index in [0.717, 1.165) is 70.9 Å². The van der Waals surface area contributed by atoms with Gasteiger partial charge in [0.15, 0.2) is 0 Å². The standard InChI is InChI=1S/C28H37N3O4/c1-2-17-30-18-9-3-4-10-19-31(27(33)21-15-16-26(32)29-20-21)23-12-6-8-14-25(23)35-24-13-7-5-11-22(24)28(30)34/h5,7,11,13,15-16,20,23,25H,2-4,6,8-10,12,14,17-19H2,1H3,(H,29,32)/t23-,25+/m1/s1. The number of ether oxygens (including phenoxy) is 1. The van der Waals surface area contributed by atoms with E-state index in [0.29, 0.717) is 23.4 Å². The molecule has 2 heterocycles. The summed E-state index contributed by atoms with van der Waals surface area (Å²) >= 11 is 0. The van der Waals surface area contributed by atoms with Crippen LogP contribution in [0.15, 0.2) is 47.4 Å². The first-order valence-electron chi connectivity index (χ1n) is 13.1. The van der Waals surface area contributed by atoms with Crippen molar-refractivity contribution < 1.29 is 14.3 Å². The lowest BCUT2D eigenvalue weighted by Gasteiger charge is -2.40. The Balaban J connectivity index is 1.67. The van der Waals surface area contributed by atoms with Crippen LogP contribution in [0.1, 0.15) is 85.4 Å². The van der Waals surface area contributed by atoms with E-state index in [-0.39, 0.29) is 29.5 Å². The SMILES string of the molecule is CCCN1CCCCCCN(C(=O)c2ccc(=O)[nH]c2)[C@@H]2CCCC[C@@H]2Oc2ccccc2C1=O. The predicted molar refractivity (Wildman–Crippen MR) is 136 cm³/mol. The number of rotatable bonds is 3. The number of carbonyl (C=O) groups is 2. The fourth-order valence-corrected chi connectivity index (χ4v) is 5.30. The molecule has 2 amide bonds. The Kier molecular flexibility index (Phi) is 8.61. The smallest absolute Gasteiger partial charge is 0.257 e. The molecule has 1 N–H and O–H groups in total. The molecule has 1 aromatic carbocycles. The Morgan fingerprint density at radius 2 is 1.74 bits per heavy atom. The van der Waals surface area contributed by atoms with E-state index < -0.39 is 0 Å². The van der Waals surface area contributed by atoms with Gasteiger partial charge in [-0.1, -0.05) is 38.3 Å². The number of H-pyrrole nitrogens is 1. The van der Waals surface area contributed by atoms with Gasteiger partial charge in [-0.25, -0.2) is 0 Å². The molecule has 1 aliphatic carbocycles. The zero-order valence-electron chi connectivity index (χ0n) is 20.7. The normalized spacial score (nSPS) is 21.9. The maximum atomic E-state index is 13.6. The number of nitrogens with zero attached hydrogens (tertiary/aromatic N) is 2. The maximum Gasteiger partial charge on any atom is 0.257 e. The quantitative estimate of drug-likeness (QED) is 0.696. The summed E-state index contributed by atoms with van der Waals surface area (Å²) in [5, 5.41) is 0. The second-order valence-corrected chi connectivity index (χ2v) is 9.65. The average Bonchev–Trinajstić information content (AvgIpc) is 2.88. The van der Waals surface area contributed by atoms with Crippen molar-refractivity contribution in [2.24, 2.45) is 0 Å². The zero-order chi connectivity index (χ0) is 24.6. The van der Waals surface area contributed by atoms with Crippen LogP contribution in [0.2, 0.25) is 0 Å². The number of hydrogen-bond acceptors (Lipinski definition) is 4. The van der Waals surface area contributed by atoms with Crippen LogP contribution in [-0.2, 0) is 0 Å². The number of hydrogen-bond donors (Lipinski definition) is 1. The minimum atomic E-state index is -0.222. The molecule has 7 nitrogen and oxygen atoms in total. The van der Waals surface area contributed by atoms with Gasteiger partial charge in [-0.05, 0) is 56.7 Å². The van der Waals surface area contributed by atoms with E-state index in [9.17, 15) is 14.4 Å². The monoisotopic (exact) mass is 479 g/mol. The number of amides is 2. The molecule has 2 aromatic rings. The highest BCUT2D eigenvalue weighted by Crippen LogP contribution is 2.31. The van der Waals surface area contributed by atoms with Gasteiger partial charge in [-0.3, -0.25) is 14.4 Å². The molecule has 1 aliphatic heterocycles. The molecule has 2 atom stereocenters. The zero-order valence-corrected chi connectivity index (χ0v) is 20.7. The first-order valence-corrected chi connectivity index (χ1v) is 13.1. The Labute approximate surface area is 207 Å². The summed E-state index contributed by atoms with van der Waals surface area (Å²) in [4.78, 5) is 45.2. The Morgan fingerprint density at radius 3 is 2.51 bits per heavy atom. The van der Waals surface area contributed by atoms with E-state index in [2.05, 4.69) is 11.9 Å². The number of aromatic amines is 1. The van der Waals surface area contributed by atoms with Crippen molar-refractivity contribution in [1.29, 1.82) is 0 Å². The van der Waals surface area contributed by atoms with E-state index in [1.807, 2.05) is 34.1 Å². The van der Waals surface area contributed by atoms with Crippen LogP contribution in [0.3, 0.4) is 0 Å². The molecular formula is C28H37N3O4. The molecule has 1 fully saturated rings. The molecule has 0 bridgehead atoms. The summed E-state index contributed by atoms with van der Waals surface area (Å²) in [5.74, 6) is 0.546. The number of para-hydroxylation sites is 1. The van der Waals surface area contributed by atoms with E-state index in [1.165, 1.54) is 12.3 Å². The van der Waals surface area contributed by atoms with Crippen LogP contribution >= 0.6 is 0 Å². The van der Waals surface area contributed by atoms with Crippen LogP contribution in [-0.4, -0.2) is 58.4 Å². The third-order valence-corrected chi connectivity index (χ3v) is 7.11. The second-order valence-electron chi connectivity index (χ2n) is 9.65. The molecule has 1 aromatic heterocycles. The van der Waals surface area contributed by atoms with E-state index in [4.69, 9.17) is 4.74 Å². The molecule has 1 saturated carbocycles. The lowest BCUT2D eigenvalue weighted by molar-refractivity contribution is 0.0266. The lowest BCUT2D eigenvalue weighted by Crippen LogP contribution is -2.51. The first kappa shape index (κ1) is 25.0. The van der Waals surface area contributed by atoms with Gasteiger partial charge < -0.3 is 19.5 Å². The number of fused-ring (bicyclic) bond motifs is 2. The van der Waals surface area contributed by atoms with Crippen molar-refractivity contribution in [2.75, 3.05) is 19.6 Å². The fraction of sp³-hybridized carbons (Fsp3) is 0.536. The molecule has 4 rings (SSSR count). The summed E-state index contributed by atoms with van der Waals surface area (Å²) in [6.07, 6.45) is 9.84. The first-order chi connectivity index (χ1) is 17.1. The lowest BCUT2D eigenvalue weighted by atomic mass is 9.90. The third-order valence-electron chi connectivity index (χ3n) is 7.11. The van der Waals surface area contributed by atoms with Gasteiger partial charge in [0.2, 0.25) is 5.56 Å². The highest BCUT2D eigenvalue weighted by molar-refractivity contribution is 5.97. The van der Waals surface area contributed by atoms with Crippen molar-refractivity contribution in [3.8, 4) is 5.75 Å². The fourth-order valence-electron chi connectivity index (χ4n) is 5.30. The van der Waals surface area contributed by atoms with Crippen LogP contribution in [0, 0.1) is 0 Å². The Morgan fingerprint density at radius 1 is 0.971 bits per heavy atom. The van der Waals surface area contributed by atoms with Crippen molar-refractivity contribution in [3.63, 3.8) is 0 Å². The van der Waals surface area contributed by atoms with Crippen LogP contribution in [0.4, 0.5) is 0 Å². The second kappa shape index (κ2) is 12.0. The van der Waals surface area contributed by atoms with Crippen molar-refractivity contribution in [3.05, 3.63) is 64.1 Å². The summed E-state index contributed by atoms with van der Waals surface area (Å²) in [5.41, 5.74) is 0.862. The van der Waals surface area contributed by atoms with Crippen molar-refractivity contribution in [1.82, 2.24) is 14.8 Å². The van der Waals surface area contributed by atoms with Gasteiger partial charge in [0.05, 0.1) is 17.2 Å². The topological polar surface area (TPSA) is 82.7 Å². The third kappa shape index (κ3) is 6.13. The van der Waals surface area contributed by atoms with Gasteiger partial charge >= 0.3 is 0 Å². The van der Waals surface area contributed by atoms with Gasteiger partial charge in [0.1, 0.15) is 11.9 Å². The minimum Gasteiger partial charge on any atom is -0.487 e. The van der Waals surface area contributed by atoms with Gasteiger partial charge in [0.25, 0.3) is 11.8 Å². The van der Waals surface area contributed by atoms with Gasteiger partial charge in [0, 0.05) is 31.9 Å². The van der Waals surface area contributed by atoms with Crippen LogP contribution in [0.5, 0.6) is 5.75 Å².